The van der Waals surface area contributed by atoms with E-state index in [1.165, 1.54) is 0 Å². The van der Waals surface area contributed by atoms with Crippen molar-refractivity contribution in [3.05, 3.63) is 96.1 Å². The first-order valence-electron chi connectivity index (χ1n) is 10.1. The number of esters is 1. The average Bonchev–Trinajstić information content (AvgIpc) is 3.34. The smallest absolute Gasteiger partial charge is 0.343 e. The van der Waals surface area contributed by atoms with E-state index in [9.17, 15) is 9.59 Å². The first kappa shape index (κ1) is 19.7. The molecule has 0 unspecified atom stereocenters. The lowest BCUT2D eigenvalue weighted by atomic mass is 10.1. The second-order valence-electron chi connectivity index (χ2n) is 7.14. The molecule has 3 aromatic carbocycles. The molecule has 0 spiro atoms. The zero-order valence-corrected chi connectivity index (χ0v) is 16.6. The van der Waals surface area contributed by atoms with Crippen molar-refractivity contribution in [3.8, 4) is 11.5 Å². The van der Waals surface area contributed by atoms with E-state index in [2.05, 4.69) is 0 Å². The minimum Gasteiger partial charge on any atom is -0.456 e. The van der Waals surface area contributed by atoms with Crippen molar-refractivity contribution >= 4 is 11.9 Å². The molecule has 152 valence electrons. The van der Waals surface area contributed by atoms with Gasteiger partial charge in [0.25, 0.3) is 5.91 Å². The van der Waals surface area contributed by atoms with Gasteiger partial charge in [0.05, 0.1) is 0 Å². The van der Waals surface area contributed by atoms with E-state index in [0.29, 0.717) is 30.2 Å². The van der Waals surface area contributed by atoms with Gasteiger partial charge in [-0.1, -0.05) is 60.7 Å². The third kappa shape index (κ3) is 4.51. The molecule has 1 aliphatic rings. The van der Waals surface area contributed by atoms with Crippen LogP contribution in [0.25, 0.3) is 0 Å². The van der Waals surface area contributed by atoms with Gasteiger partial charge < -0.3 is 14.4 Å². The normalized spacial score (nSPS) is 14.2. The second-order valence-corrected chi connectivity index (χ2v) is 7.14. The van der Waals surface area contributed by atoms with Crippen LogP contribution in [0.15, 0.2) is 84.9 Å². The molecule has 0 N–H and O–H groups in total. The fourth-order valence-electron chi connectivity index (χ4n) is 3.50. The maximum absolute atomic E-state index is 13.1. The highest BCUT2D eigenvalue weighted by Gasteiger charge is 2.32. The van der Waals surface area contributed by atoms with Crippen molar-refractivity contribution in [1.82, 2.24) is 4.90 Å². The van der Waals surface area contributed by atoms with Crippen LogP contribution in [0.3, 0.4) is 0 Å². The van der Waals surface area contributed by atoms with E-state index in [4.69, 9.17) is 9.47 Å². The monoisotopic (exact) mass is 401 g/mol. The van der Waals surface area contributed by atoms with Crippen LogP contribution < -0.4 is 4.74 Å². The Kier molecular flexibility index (Phi) is 6.09. The minimum absolute atomic E-state index is 0.187. The van der Waals surface area contributed by atoms with E-state index in [0.717, 1.165) is 12.8 Å². The average molecular weight is 401 g/mol. The molecular formula is C25H23NO4. The van der Waals surface area contributed by atoms with Crippen molar-refractivity contribution in [1.29, 1.82) is 0 Å². The Morgan fingerprint density at radius 1 is 0.767 bits per heavy atom. The molecule has 3 aromatic rings. The van der Waals surface area contributed by atoms with E-state index in [1.807, 2.05) is 48.5 Å². The number of hydrogen-bond acceptors (Lipinski definition) is 4. The molecule has 1 atom stereocenters. The third-order valence-electron chi connectivity index (χ3n) is 5.05. The molecule has 1 fully saturated rings. The van der Waals surface area contributed by atoms with Crippen LogP contribution in [0.1, 0.15) is 34.9 Å². The van der Waals surface area contributed by atoms with Gasteiger partial charge in [-0.05, 0) is 37.1 Å². The quantitative estimate of drug-likeness (QED) is 0.546. The fraction of sp³-hybridized carbons (Fsp3) is 0.200. The second kappa shape index (κ2) is 9.27. The molecule has 0 radical (unpaired) electrons. The summed E-state index contributed by atoms with van der Waals surface area (Å²) in [4.78, 5) is 28.0. The summed E-state index contributed by atoms with van der Waals surface area (Å²) >= 11 is 0. The summed E-state index contributed by atoms with van der Waals surface area (Å²) < 4.78 is 11.6. The van der Waals surface area contributed by atoms with Gasteiger partial charge in [0.2, 0.25) is 6.10 Å². The Hall–Kier alpha value is -3.60. The molecule has 1 amide bonds. The van der Waals surface area contributed by atoms with Crippen molar-refractivity contribution in [3.63, 3.8) is 0 Å². The van der Waals surface area contributed by atoms with Crippen molar-refractivity contribution in [2.75, 3.05) is 13.1 Å². The number of carbonyl (C=O) groups excluding carboxylic acids is 2. The molecule has 4 rings (SSSR count). The Morgan fingerprint density at radius 3 is 2.07 bits per heavy atom. The van der Waals surface area contributed by atoms with Gasteiger partial charge in [0.15, 0.2) is 0 Å². The predicted octanol–water partition coefficient (Wildman–Crippen LogP) is 5.00. The standard InChI is InChI=1S/C25H23NO4/c27-24(26-17-9-10-18-26)23(19-11-3-1-4-12-19)30-25(28)21-15-7-8-16-22(21)29-20-13-5-2-6-14-20/h1-8,11-16,23H,9-10,17-18H2/t23-/m1/s1. The lowest BCUT2D eigenvalue weighted by Gasteiger charge is -2.24. The number of amides is 1. The van der Waals surface area contributed by atoms with Crippen molar-refractivity contribution < 1.29 is 19.1 Å². The molecule has 0 bridgehead atoms. The topological polar surface area (TPSA) is 55.8 Å². The van der Waals surface area contributed by atoms with Crippen LogP contribution in [-0.2, 0) is 9.53 Å². The first-order chi connectivity index (χ1) is 14.7. The number of ether oxygens (including phenoxy) is 2. The minimum atomic E-state index is -0.985. The molecule has 0 aromatic heterocycles. The highest BCUT2D eigenvalue weighted by molar-refractivity contribution is 5.95. The molecule has 0 saturated carbocycles. The maximum Gasteiger partial charge on any atom is 0.343 e. The summed E-state index contributed by atoms with van der Waals surface area (Å²) in [5.74, 6) is 0.219. The summed E-state index contributed by atoms with van der Waals surface area (Å²) in [6.07, 6.45) is 0.950. The number of benzene rings is 3. The van der Waals surface area contributed by atoms with Gasteiger partial charge in [-0.3, -0.25) is 4.79 Å². The number of hydrogen-bond donors (Lipinski definition) is 0. The maximum atomic E-state index is 13.1. The fourth-order valence-corrected chi connectivity index (χ4v) is 3.50. The Balaban J connectivity index is 1.59. The van der Waals surface area contributed by atoms with E-state index in [1.54, 1.807) is 41.3 Å². The molecule has 5 nitrogen and oxygen atoms in total. The van der Waals surface area contributed by atoms with Crippen LogP contribution in [0, 0.1) is 0 Å². The number of nitrogens with zero attached hydrogens (tertiary/aromatic N) is 1. The van der Waals surface area contributed by atoms with Crippen LogP contribution >= 0.6 is 0 Å². The van der Waals surface area contributed by atoms with Gasteiger partial charge >= 0.3 is 5.97 Å². The number of carbonyl (C=O) groups is 2. The zero-order valence-electron chi connectivity index (χ0n) is 16.6. The molecule has 1 saturated heterocycles. The molecule has 30 heavy (non-hydrogen) atoms. The van der Waals surface area contributed by atoms with Crippen molar-refractivity contribution in [2.24, 2.45) is 0 Å². The highest BCUT2D eigenvalue weighted by Crippen LogP contribution is 2.29. The molecule has 5 heteroatoms. The first-order valence-corrected chi connectivity index (χ1v) is 10.1. The number of para-hydroxylation sites is 2. The summed E-state index contributed by atoms with van der Waals surface area (Å²) in [5, 5.41) is 0. The van der Waals surface area contributed by atoms with Crippen LogP contribution in [0.5, 0.6) is 11.5 Å². The number of rotatable bonds is 6. The summed E-state index contributed by atoms with van der Waals surface area (Å²) in [6.45, 7) is 1.38. The molecule has 0 aliphatic carbocycles. The number of likely N-dealkylation sites (tertiary alicyclic amines) is 1. The van der Waals surface area contributed by atoms with E-state index >= 15 is 0 Å². The lowest BCUT2D eigenvalue weighted by Crippen LogP contribution is -2.34. The Bertz CT molecular complexity index is 998. The lowest BCUT2D eigenvalue weighted by molar-refractivity contribution is -0.140. The molecule has 1 heterocycles. The SMILES string of the molecule is O=C(O[C@@H](C(=O)N1CCCC1)c1ccccc1)c1ccccc1Oc1ccccc1. The van der Waals surface area contributed by atoms with Crippen LogP contribution in [-0.4, -0.2) is 29.9 Å². The van der Waals surface area contributed by atoms with E-state index < -0.39 is 12.1 Å². The summed E-state index contributed by atoms with van der Waals surface area (Å²) in [5.41, 5.74) is 0.931. The van der Waals surface area contributed by atoms with E-state index in [-0.39, 0.29) is 11.5 Å². The highest BCUT2D eigenvalue weighted by atomic mass is 16.6. The van der Waals surface area contributed by atoms with Gasteiger partial charge in [-0.2, -0.15) is 0 Å². The predicted molar refractivity (Wildman–Crippen MR) is 113 cm³/mol. The summed E-state index contributed by atoms with van der Waals surface area (Å²) in [7, 11) is 0. The van der Waals surface area contributed by atoms with Crippen LogP contribution in [0.2, 0.25) is 0 Å². The van der Waals surface area contributed by atoms with Gasteiger partial charge in [-0.15, -0.1) is 0 Å². The Labute approximate surface area is 175 Å². The molecule has 1 aliphatic heterocycles. The van der Waals surface area contributed by atoms with Gasteiger partial charge in [0, 0.05) is 18.7 Å². The van der Waals surface area contributed by atoms with Gasteiger partial charge in [0.1, 0.15) is 17.1 Å². The summed E-state index contributed by atoms with van der Waals surface area (Å²) in [6, 6.07) is 25.3. The van der Waals surface area contributed by atoms with Crippen LogP contribution in [0.4, 0.5) is 0 Å². The van der Waals surface area contributed by atoms with Gasteiger partial charge in [-0.25, -0.2) is 4.79 Å². The Morgan fingerprint density at radius 2 is 1.37 bits per heavy atom. The largest absolute Gasteiger partial charge is 0.456 e. The molecular weight excluding hydrogens is 378 g/mol. The third-order valence-corrected chi connectivity index (χ3v) is 5.05. The zero-order chi connectivity index (χ0) is 20.8. The van der Waals surface area contributed by atoms with Crippen molar-refractivity contribution in [2.45, 2.75) is 18.9 Å².